The quantitative estimate of drug-likeness (QED) is 0.382. The molecule has 3 aliphatic heterocycles. The Morgan fingerprint density at radius 1 is 1.09 bits per heavy atom. The molecule has 0 fully saturated rings. The Kier molecular flexibility index (Phi) is 7.84. The molecular formula is C35H35N3O6. The van der Waals surface area contributed by atoms with Gasteiger partial charge in [-0.15, -0.1) is 6.58 Å². The van der Waals surface area contributed by atoms with Crippen LogP contribution in [0.5, 0.6) is 5.75 Å². The van der Waals surface area contributed by atoms with Gasteiger partial charge in [-0.25, -0.2) is 0 Å². The van der Waals surface area contributed by atoms with Crippen molar-refractivity contribution in [1.29, 1.82) is 0 Å². The number of anilines is 3. The third-order valence-electron chi connectivity index (χ3n) is 8.79. The molecule has 0 spiro atoms. The number of amides is 3. The highest BCUT2D eigenvalue weighted by Crippen LogP contribution is 2.48. The molecule has 3 aromatic carbocycles. The Balaban J connectivity index is 1.28. The molecule has 0 bridgehead atoms. The van der Waals surface area contributed by atoms with Gasteiger partial charge in [0.2, 0.25) is 5.91 Å². The van der Waals surface area contributed by atoms with Crippen LogP contribution in [0.1, 0.15) is 30.0 Å². The molecule has 0 saturated carbocycles. The summed E-state index contributed by atoms with van der Waals surface area (Å²) < 4.78 is 5.60. The third-order valence-corrected chi connectivity index (χ3v) is 8.79. The lowest BCUT2D eigenvalue weighted by Gasteiger charge is -2.36. The molecule has 0 unspecified atom stereocenters. The number of para-hydroxylation sites is 2. The number of hydrogen-bond donors (Lipinski definition) is 2. The Morgan fingerprint density at radius 3 is 2.61 bits per heavy atom. The van der Waals surface area contributed by atoms with Crippen molar-refractivity contribution in [2.24, 2.45) is 5.92 Å². The number of nitrogens with zero attached hydrogens (tertiary/aromatic N) is 3. The van der Waals surface area contributed by atoms with Gasteiger partial charge in [-0.2, -0.15) is 0 Å². The topological polar surface area (TPSA) is 111 Å². The number of carbonyl (C=O) groups is 3. The van der Waals surface area contributed by atoms with Crippen molar-refractivity contribution >= 4 is 34.8 Å². The predicted molar refractivity (Wildman–Crippen MR) is 166 cm³/mol. The number of carbonyl (C=O) groups excluding carboxylic acids is 3. The van der Waals surface area contributed by atoms with E-state index in [0.29, 0.717) is 41.3 Å². The van der Waals surface area contributed by atoms with Crippen LogP contribution in [0.4, 0.5) is 17.1 Å². The molecule has 226 valence electrons. The normalized spacial score (nSPS) is 21.5. The number of benzene rings is 3. The summed E-state index contributed by atoms with van der Waals surface area (Å²) in [6.45, 7) is 5.85. The number of ether oxygens (including phenoxy) is 1. The number of fused-ring (bicyclic) bond motifs is 3. The zero-order valence-electron chi connectivity index (χ0n) is 24.6. The average molecular weight is 594 g/mol. The van der Waals surface area contributed by atoms with Gasteiger partial charge in [0.25, 0.3) is 11.8 Å². The van der Waals surface area contributed by atoms with Crippen LogP contribution in [-0.4, -0.2) is 58.6 Å². The average Bonchev–Trinajstić information content (AvgIpc) is 3.26. The van der Waals surface area contributed by atoms with Crippen molar-refractivity contribution in [3.05, 3.63) is 108 Å². The molecule has 9 nitrogen and oxygen atoms in total. The summed E-state index contributed by atoms with van der Waals surface area (Å²) in [7, 11) is 0. The molecular weight excluding hydrogens is 558 g/mol. The van der Waals surface area contributed by atoms with E-state index in [2.05, 4.69) is 6.58 Å². The van der Waals surface area contributed by atoms with Crippen LogP contribution in [0, 0.1) is 5.92 Å². The predicted octanol–water partition coefficient (Wildman–Crippen LogP) is 3.99. The maximum absolute atomic E-state index is 13.8. The van der Waals surface area contributed by atoms with E-state index in [1.54, 1.807) is 60.4 Å². The second-order valence-electron chi connectivity index (χ2n) is 11.4. The molecule has 0 radical (unpaired) electrons. The second kappa shape index (κ2) is 11.7. The van der Waals surface area contributed by atoms with Crippen LogP contribution in [0.3, 0.4) is 0 Å². The van der Waals surface area contributed by atoms with E-state index in [1.165, 1.54) is 9.80 Å². The van der Waals surface area contributed by atoms with E-state index in [4.69, 9.17) is 4.74 Å². The fraction of sp³-hybridized carbons (Fsp3) is 0.286. The lowest BCUT2D eigenvalue weighted by Crippen LogP contribution is -2.46. The van der Waals surface area contributed by atoms with Gasteiger partial charge < -0.3 is 24.7 Å². The first-order valence-corrected chi connectivity index (χ1v) is 14.8. The molecule has 3 heterocycles. The largest absolute Gasteiger partial charge is 0.482 e. The number of hydrogen-bond acceptors (Lipinski definition) is 6. The molecule has 0 saturated heterocycles. The van der Waals surface area contributed by atoms with Crippen molar-refractivity contribution in [3.8, 4) is 5.75 Å². The maximum Gasteiger partial charge on any atom is 0.269 e. The first-order chi connectivity index (χ1) is 21.3. The van der Waals surface area contributed by atoms with Crippen molar-refractivity contribution in [2.75, 3.05) is 29.6 Å². The molecule has 9 heteroatoms. The third kappa shape index (κ3) is 4.88. The number of aliphatic hydroxyl groups excluding tert-OH is 1. The summed E-state index contributed by atoms with van der Waals surface area (Å²) in [5, 5.41) is 22.1. The van der Waals surface area contributed by atoms with E-state index in [1.807, 2.05) is 36.4 Å². The minimum Gasteiger partial charge on any atom is -0.482 e. The standard InChI is InChI=1S/C35H35N3O6/c1-3-17-36-29-16-15-26(38-30-12-6-7-13-31(30)44-22-33(38)41)19-28(29)35(43,34(36)42)23(2)9-8-14-32(40)37-20-25-11-5-4-10-24(25)18-27(37)21-39/h3-13,15-16,19,23,27,39,43H,1,14,17-18,20-22H2,2H3/b9-8+/t23-,27-,35+/m0/s1. The Bertz CT molecular complexity index is 1670. The van der Waals surface area contributed by atoms with Gasteiger partial charge >= 0.3 is 0 Å². The summed E-state index contributed by atoms with van der Waals surface area (Å²) in [4.78, 5) is 44.8. The molecule has 3 aliphatic rings. The first kappa shape index (κ1) is 29.3. The van der Waals surface area contributed by atoms with Gasteiger partial charge in [0.15, 0.2) is 12.2 Å². The van der Waals surface area contributed by atoms with Crippen molar-refractivity contribution < 1.29 is 29.3 Å². The van der Waals surface area contributed by atoms with Gasteiger partial charge in [0.05, 0.1) is 24.0 Å². The highest BCUT2D eigenvalue weighted by Gasteiger charge is 2.52. The SMILES string of the molecule is C=CCN1C(=O)[C@@](O)([C@@H](C)/C=C/CC(=O)N2Cc3ccccc3C[C@H]2CO)c2cc(N3C(=O)COc4ccccc43)ccc21. The molecule has 0 aliphatic carbocycles. The van der Waals surface area contributed by atoms with Gasteiger partial charge in [0.1, 0.15) is 5.75 Å². The summed E-state index contributed by atoms with van der Waals surface area (Å²) in [6.07, 6.45) is 5.59. The summed E-state index contributed by atoms with van der Waals surface area (Å²) >= 11 is 0. The van der Waals surface area contributed by atoms with Crippen LogP contribution >= 0.6 is 0 Å². The summed E-state index contributed by atoms with van der Waals surface area (Å²) in [6, 6.07) is 20.0. The second-order valence-corrected chi connectivity index (χ2v) is 11.4. The van der Waals surface area contributed by atoms with Crippen LogP contribution in [-0.2, 0) is 33.0 Å². The van der Waals surface area contributed by atoms with Crippen molar-refractivity contribution in [3.63, 3.8) is 0 Å². The fourth-order valence-corrected chi connectivity index (χ4v) is 6.44. The Hall–Kier alpha value is -4.73. The minimum absolute atomic E-state index is 0.0512. The maximum atomic E-state index is 13.8. The van der Waals surface area contributed by atoms with Crippen LogP contribution in [0.25, 0.3) is 0 Å². The lowest BCUT2D eigenvalue weighted by molar-refractivity contribution is -0.139. The van der Waals surface area contributed by atoms with Crippen LogP contribution < -0.4 is 14.5 Å². The highest BCUT2D eigenvalue weighted by atomic mass is 16.5. The zero-order valence-corrected chi connectivity index (χ0v) is 24.6. The number of aliphatic hydroxyl groups is 2. The zero-order chi connectivity index (χ0) is 31.0. The molecule has 3 amide bonds. The first-order valence-electron chi connectivity index (χ1n) is 14.8. The van der Waals surface area contributed by atoms with E-state index in [0.717, 1.165) is 11.1 Å². The highest BCUT2D eigenvalue weighted by molar-refractivity contribution is 6.09. The van der Waals surface area contributed by atoms with Gasteiger partial charge in [-0.05, 0) is 47.9 Å². The monoisotopic (exact) mass is 593 g/mol. The summed E-state index contributed by atoms with van der Waals surface area (Å²) in [5.74, 6) is -1.07. The van der Waals surface area contributed by atoms with E-state index < -0.39 is 17.4 Å². The molecule has 3 aromatic rings. The van der Waals surface area contributed by atoms with Crippen LogP contribution in [0.2, 0.25) is 0 Å². The van der Waals surface area contributed by atoms with E-state index in [9.17, 15) is 24.6 Å². The molecule has 44 heavy (non-hydrogen) atoms. The van der Waals surface area contributed by atoms with Crippen molar-refractivity contribution in [1.82, 2.24) is 4.90 Å². The minimum atomic E-state index is -1.94. The molecule has 0 aromatic heterocycles. The number of rotatable bonds is 8. The van der Waals surface area contributed by atoms with Gasteiger partial charge in [0, 0.05) is 36.7 Å². The van der Waals surface area contributed by atoms with Crippen molar-refractivity contribution in [2.45, 2.75) is 38.0 Å². The van der Waals surface area contributed by atoms with Gasteiger partial charge in [-0.3, -0.25) is 19.3 Å². The van der Waals surface area contributed by atoms with Crippen LogP contribution in [0.15, 0.2) is 91.5 Å². The summed E-state index contributed by atoms with van der Waals surface area (Å²) in [5.41, 5.74) is 2.23. The fourth-order valence-electron chi connectivity index (χ4n) is 6.44. The van der Waals surface area contributed by atoms with Gasteiger partial charge in [-0.1, -0.05) is 61.5 Å². The lowest BCUT2D eigenvalue weighted by atomic mass is 9.82. The Labute approximate surface area is 256 Å². The molecule has 6 rings (SSSR count). The Morgan fingerprint density at radius 2 is 1.84 bits per heavy atom. The van der Waals surface area contributed by atoms with E-state index >= 15 is 0 Å². The molecule has 3 atom stereocenters. The van der Waals surface area contributed by atoms with E-state index in [-0.39, 0.29) is 44.0 Å². The smallest absolute Gasteiger partial charge is 0.269 e. The molecule has 2 N–H and O–H groups in total.